The van der Waals surface area contributed by atoms with Crippen LogP contribution in [0.4, 0.5) is 15.9 Å². The van der Waals surface area contributed by atoms with E-state index in [-0.39, 0.29) is 17.7 Å². The van der Waals surface area contributed by atoms with Crippen molar-refractivity contribution in [2.45, 2.75) is 25.0 Å². The number of fused-ring (bicyclic) bond motifs is 1. The van der Waals surface area contributed by atoms with E-state index in [1.165, 1.54) is 18.5 Å². The standard InChI is InChI=1S/C23H26ClFN4O4/c1-32-21-10-20-17(23(27-13-26-20)28-14-3-4-19(25)18(24)7-14)9-22(21)33-6-2-5-29-11-16(31)8-15(29)12-30/h3-4,7,9-10,13,15-16,30-31H,2,5-6,8,11-12H2,1H3,(H,26,27,28)/t15-,16+/m0/s1. The number of hydrogen-bond acceptors (Lipinski definition) is 8. The van der Waals surface area contributed by atoms with Crippen LogP contribution < -0.4 is 14.8 Å². The molecule has 0 saturated carbocycles. The lowest BCUT2D eigenvalue weighted by atomic mass is 10.2. The molecule has 176 valence electrons. The highest BCUT2D eigenvalue weighted by molar-refractivity contribution is 6.31. The summed E-state index contributed by atoms with van der Waals surface area (Å²) in [4.78, 5) is 10.7. The van der Waals surface area contributed by atoms with E-state index in [1.807, 2.05) is 0 Å². The molecule has 2 aromatic carbocycles. The molecule has 1 aliphatic rings. The van der Waals surface area contributed by atoms with Gasteiger partial charge in [0, 0.05) is 36.3 Å². The Labute approximate surface area is 195 Å². The summed E-state index contributed by atoms with van der Waals surface area (Å²) >= 11 is 5.89. The van der Waals surface area contributed by atoms with Crippen molar-refractivity contribution in [3.8, 4) is 11.5 Å². The van der Waals surface area contributed by atoms with Gasteiger partial charge in [-0.15, -0.1) is 0 Å². The van der Waals surface area contributed by atoms with Gasteiger partial charge in [0.25, 0.3) is 0 Å². The lowest BCUT2D eigenvalue weighted by Crippen LogP contribution is -2.33. The average Bonchev–Trinajstić information content (AvgIpc) is 3.18. The van der Waals surface area contributed by atoms with Gasteiger partial charge in [0.1, 0.15) is 18.0 Å². The zero-order valence-corrected chi connectivity index (χ0v) is 18.9. The molecule has 0 amide bonds. The van der Waals surface area contributed by atoms with Crippen LogP contribution in [0.15, 0.2) is 36.7 Å². The van der Waals surface area contributed by atoms with E-state index in [1.54, 1.807) is 25.3 Å². The first-order chi connectivity index (χ1) is 16.0. The fourth-order valence-corrected chi connectivity index (χ4v) is 4.20. The summed E-state index contributed by atoms with van der Waals surface area (Å²) in [5.41, 5.74) is 1.24. The quantitative estimate of drug-likeness (QED) is 0.404. The number of aliphatic hydroxyl groups excluding tert-OH is 2. The predicted molar refractivity (Wildman–Crippen MR) is 124 cm³/mol. The summed E-state index contributed by atoms with van der Waals surface area (Å²) in [6, 6.07) is 7.91. The Balaban J connectivity index is 1.49. The summed E-state index contributed by atoms with van der Waals surface area (Å²) < 4.78 is 25.0. The molecule has 0 spiro atoms. The van der Waals surface area contributed by atoms with Crippen LogP contribution >= 0.6 is 11.6 Å². The Morgan fingerprint density at radius 3 is 2.85 bits per heavy atom. The first-order valence-electron chi connectivity index (χ1n) is 10.7. The molecule has 0 aliphatic carbocycles. The van der Waals surface area contributed by atoms with Gasteiger partial charge in [-0.3, -0.25) is 4.90 Å². The van der Waals surface area contributed by atoms with Crippen LogP contribution in [0.2, 0.25) is 5.02 Å². The zero-order valence-electron chi connectivity index (χ0n) is 18.2. The summed E-state index contributed by atoms with van der Waals surface area (Å²) in [5, 5.41) is 23.2. The van der Waals surface area contributed by atoms with Crippen LogP contribution in [0.5, 0.6) is 11.5 Å². The van der Waals surface area contributed by atoms with Crippen molar-refractivity contribution < 1.29 is 24.1 Å². The average molecular weight is 477 g/mol. The van der Waals surface area contributed by atoms with E-state index in [0.717, 1.165) is 6.42 Å². The molecule has 1 saturated heterocycles. The molecular formula is C23H26ClFN4O4. The van der Waals surface area contributed by atoms with Crippen molar-refractivity contribution in [2.24, 2.45) is 0 Å². The topological polar surface area (TPSA) is 100.0 Å². The highest BCUT2D eigenvalue weighted by Gasteiger charge is 2.29. The van der Waals surface area contributed by atoms with Gasteiger partial charge in [-0.05, 0) is 37.1 Å². The first-order valence-corrected chi connectivity index (χ1v) is 11.1. The van der Waals surface area contributed by atoms with Crippen molar-refractivity contribution in [1.82, 2.24) is 14.9 Å². The fraction of sp³-hybridized carbons (Fsp3) is 0.391. The number of rotatable bonds is 9. The van der Waals surface area contributed by atoms with Crippen molar-refractivity contribution in [3.05, 3.63) is 47.5 Å². The van der Waals surface area contributed by atoms with Crippen molar-refractivity contribution >= 4 is 34.0 Å². The lowest BCUT2D eigenvalue weighted by molar-refractivity contribution is 0.146. The van der Waals surface area contributed by atoms with Crippen LogP contribution in [0.3, 0.4) is 0 Å². The molecule has 4 rings (SSSR count). The molecule has 0 radical (unpaired) electrons. The molecule has 8 nitrogen and oxygen atoms in total. The van der Waals surface area contributed by atoms with Crippen LogP contribution in [0, 0.1) is 5.82 Å². The van der Waals surface area contributed by atoms with E-state index >= 15 is 0 Å². The number of hydrogen-bond donors (Lipinski definition) is 3. The number of nitrogens with one attached hydrogen (secondary N) is 1. The number of nitrogens with zero attached hydrogens (tertiary/aromatic N) is 3. The Bertz CT molecular complexity index is 1120. The molecular weight excluding hydrogens is 451 g/mol. The summed E-state index contributed by atoms with van der Waals surface area (Å²) in [7, 11) is 1.56. The van der Waals surface area contributed by atoms with Gasteiger partial charge in [0.2, 0.25) is 0 Å². The highest BCUT2D eigenvalue weighted by Crippen LogP contribution is 2.35. The maximum atomic E-state index is 13.5. The number of methoxy groups -OCH3 is 1. The van der Waals surface area contributed by atoms with E-state index in [4.69, 9.17) is 21.1 Å². The van der Waals surface area contributed by atoms with Gasteiger partial charge in [-0.1, -0.05) is 11.6 Å². The number of likely N-dealkylation sites (tertiary alicyclic amines) is 1. The number of aliphatic hydroxyl groups is 2. The molecule has 0 unspecified atom stereocenters. The minimum Gasteiger partial charge on any atom is -0.493 e. The monoisotopic (exact) mass is 476 g/mol. The fourth-order valence-electron chi connectivity index (χ4n) is 4.02. The van der Waals surface area contributed by atoms with Crippen LogP contribution in [0.25, 0.3) is 10.9 Å². The number of β-amino-alcohol motifs (C(OH)–C–C–N with tert-alkyl or cyclic N) is 1. The smallest absolute Gasteiger partial charge is 0.162 e. The molecule has 10 heteroatoms. The molecule has 3 N–H and O–H groups in total. The summed E-state index contributed by atoms with van der Waals surface area (Å²) in [6.07, 6.45) is 2.34. The largest absolute Gasteiger partial charge is 0.493 e. The van der Waals surface area contributed by atoms with Gasteiger partial charge >= 0.3 is 0 Å². The predicted octanol–water partition coefficient (Wildman–Crippen LogP) is 3.37. The number of aromatic nitrogens is 2. The molecule has 1 aliphatic heterocycles. The maximum absolute atomic E-state index is 13.5. The van der Waals surface area contributed by atoms with E-state index in [9.17, 15) is 14.6 Å². The normalized spacial score (nSPS) is 18.6. The minimum absolute atomic E-state index is 0.0120. The molecule has 2 atom stereocenters. The van der Waals surface area contributed by atoms with E-state index < -0.39 is 11.9 Å². The summed E-state index contributed by atoms with van der Waals surface area (Å²) in [6.45, 7) is 1.73. The van der Waals surface area contributed by atoms with Gasteiger partial charge in [0.15, 0.2) is 11.5 Å². The third-order valence-corrected chi connectivity index (χ3v) is 5.96. The minimum atomic E-state index is -0.496. The third kappa shape index (κ3) is 5.44. The van der Waals surface area contributed by atoms with Crippen LogP contribution in [-0.4, -0.2) is 70.6 Å². The number of anilines is 2. The first kappa shape index (κ1) is 23.4. The van der Waals surface area contributed by atoms with Gasteiger partial charge in [-0.25, -0.2) is 14.4 Å². The second-order valence-electron chi connectivity index (χ2n) is 7.92. The molecule has 3 aromatic rings. The van der Waals surface area contributed by atoms with E-state index in [0.29, 0.717) is 60.0 Å². The Morgan fingerprint density at radius 1 is 1.24 bits per heavy atom. The third-order valence-electron chi connectivity index (χ3n) is 5.67. The van der Waals surface area contributed by atoms with Crippen molar-refractivity contribution in [3.63, 3.8) is 0 Å². The Hall–Kier alpha value is -2.72. The van der Waals surface area contributed by atoms with Crippen molar-refractivity contribution in [2.75, 3.05) is 38.7 Å². The van der Waals surface area contributed by atoms with Gasteiger partial charge in [-0.2, -0.15) is 0 Å². The van der Waals surface area contributed by atoms with Crippen LogP contribution in [-0.2, 0) is 0 Å². The lowest BCUT2D eigenvalue weighted by Gasteiger charge is -2.22. The van der Waals surface area contributed by atoms with E-state index in [2.05, 4.69) is 20.2 Å². The van der Waals surface area contributed by atoms with Crippen LogP contribution in [0.1, 0.15) is 12.8 Å². The molecule has 1 fully saturated rings. The van der Waals surface area contributed by atoms with Crippen molar-refractivity contribution in [1.29, 1.82) is 0 Å². The molecule has 33 heavy (non-hydrogen) atoms. The SMILES string of the molecule is COc1cc2ncnc(Nc3ccc(F)c(Cl)c3)c2cc1OCCCN1C[C@H](O)C[C@H]1CO. The zero-order chi connectivity index (χ0) is 23.4. The maximum Gasteiger partial charge on any atom is 0.162 e. The molecule has 1 aromatic heterocycles. The second-order valence-corrected chi connectivity index (χ2v) is 8.33. The highest BCUT2D eigenvalue weighted by atomic mass is 35.5. The van der Waals surface area contributed by atoms with Gasteiger partial charge < -0.3 is 25.0 Å². The molecule has 2 heterocycles. The van der Waals surface area contributed by atoms with Gasteiger partial charge in [0.05, 0.1) is 37.0 Å². The molecule has 0 bridgehead atoms. The second kappa shape index (κ2) is 10.5. The number of ether oxygens (including phenoxy) is 2. The Morgan fingerprint density at radius 2 is 2.09 bits per heavy atom. The Kier molecular flexibility index (Phi) is 7.44. The number of benzene rings is 2. The summed E-state index contributed by atoms with van der Waals surface area (Å²) in [5.74, 6) is 1.11. The number of halogens is 2.